The van der Waals surface area contributed by atoms with E-state index in [0.29, 0.717) is 12.2 Å². The van der Waals surface area contributed by atoms with Crippen LogP contribution in [0.15, 0.2) is 29.8 Å². The first-order valence-electron chi connectivity index (χ1n) is 9.21. The molecule has 0 spiro atoms. The summed E-state index contributed by atoms with van der Waals surface area (Å²) in [6.45, 7) is 2.90. The summed E-state index contributed by atoms with van der Waals surface area (Å²) in [4.78, 5) is 34.4. The van der Waals surface area contributed by atoms with Crippen molar-refractivity contribution in [2.24, 2.45) is 0 Å². The van der Waals surface area contributed by atoms with Crippen molar-refractivity contribution < 1.29 is 19.1 Å². The van der Waals surface area contributed by atoms with Gasteiger partial charge in [-0.05, 0) is 30.2 Å². The molecule has 1 aliphatic rings. The molecule has 6 nitrogen and oxygen atoms in total. The summed E-state index contributed by atoms with van der Waals surface area (Å²) in [6, 6.07) is 6.34. The molecule has 0 radical (unpaired) electrons. The molecule has 140 valence electrons. The Kier molecular flexibility index (Phi) is 7.86. The number of imide groups is 2. The predicted molar refractivity (Wildman–Crippen MR) is 99.6 cm³/mol. The van der Waals surface area contributed by atoms with Gasteiger partial charge in [0.15, 0.2) is 0 Å². The number of nitrogens with one attached hydrogen (secondary N) is 2. The number of carbonyl (C=O) groups is 3. The zero-order valence-corrected chi connectivity index (χ0v) is 15.2. The van der Waals surface area contributed by atoms with Crippen LogP contribution in [0.25, 0.3) is 6.08 Å². The van der Waals surface area contributed by atoms with Crippen molar-refractivity contribution in [1.82, 2.24) is 10.6 Å². The number of benzene rings is 1. The van der Waals surface area contributed by atoms with Crippen LogP contribution >= 0.6 is 0 Å². The Morgan fingerprint density at radius 3 is 2.04 bits per heavy atom. The number of amides is 4. The molecule has 1 saturated heterocycles. The van der Waals surface area contributed by atoms with E-state index in [1.165, 1.54) is 44.6 Å². The minimum absolute atomic E-state index is 0.0960. The van der Waals surface area contributed by atoms with E-state index in [0.717, 1.165) is 12.2 Å². The van der Waals surface area contributed by atoms with Crippen LogP contribution in [0.5, 0.6) is 5.75 Å². The van der Waals surface area contributed by atoms with Crippen molar-refractivity contribution in [2.75, 3.05) is 6.61 Å². The Morgan fingerprint density at radius 2 is 1.42 bits per heavy atom. The van der Waals surface area contributed by atoms with Crippen molar-refractivity contribution in [3.05, 3.63) is 35.4 Å². The Morgan fingerprint density at radius 1 is 0.846 bits per heavy atom. The van der Waals surface area contributed by atoms with E-state index in [1.807, 2.05) is 10.6 Å². The summed E-state index contributed by atoms with van der Waals surface area (Å²) in [6.07, 6.45) is 10.1. The SMILES string of the molecule is CCCCCCCCCOc1ccc(C=C2C(=O)NC(=O)NC2=O)cc1. The van der Waals surface area contributed by atoms with Crippen LogP contribution in [0.3, 0.4) is 0 Å². The van der Waals surface area contributed by atoms with Gasteiger partial charge in [0.2, 0.25) is 0 Å². The zero-order chi connectivity index (χ0) is 18.8. The molecule has 26 heavy (non-hydrogen) atoms. The quantitative estimate of drug-likeness (QED) is 0.380. The average Bonchev–Trinajstić information content (AvgIpc) is 2.61. The molecule has 6 heteroatoms. The van der Waals surface area contributed by atoms with E-state index in [9.17, 15) is 14.4 Å². The number of hydrogen-bond donors (Lipinski definition) is 2. The van der Waals surface area contributed by atoms with Crippen molar-refractivity contribution >= 4 is 23.9 Å². The molecule has 4 amide bonds. The topological polar surface area (TPSA) is 84.5 Å². The normalized spacial score (nSPS) is 14.0. The molecule has 0 bridgehead atoms. The lowest BCUT2D eigenvalue weighted by Crippen LogP contribution is -2.51. The fourth-order valence-electron chi connectivity index (χ4n) is 2.68. The third kappa shape index (κ3) is 6.35. The first-order chi connectivity index (χ1) is 12.6. The number of unbranched alkanes of at least 4 members (excludes halogenated alkanes) is 6. The van der Waals surface area contributed by atoms with Gasteiger partial charge in [-0.1, -0.05) is 57.6 Å². The van der Waals surface area contributed by atoms with E-state index < -0.39 is 17.8 Å². The van der Waals surface area contributed by atoms with E-state index in [-0.39, 0.29) is 5.57 Å². The van der Waals surface area contributed by atoms with Crippen LogP contribution in [0, 0.1) is 0 Å². The van der Waals surface area contributed by atoms with Crippen LogP contribution in [0.2, 0.25) is 0 Å². The summed E-state index contributed by atoms with van der Waals surface area (Å²) in [5.41, 5.74) is 0.587. The number of barbiturate groups is 1. The fourth-order valence-corrected chi connectivity index (χ4v) is 2.68. The lowest BCUT2D eigenvalue weighted by atomic mass is 10.1. The lowest BCUT2D eigenvalue weighted by molar-refractivity contribution is -0.123. The summed E-state index contributed by atoms with van der Waals surface area (Å²) >= 11 is 0. The smallest absolute Gasteiger partial charge is 0.328 e. The minimum Gasteiger partial charge on any atom is -0.494 e. The largest absolute Gasteiger partial charge is 0.494 e. The van der Waals surface area contributed by atoms with E-state index in [2.05, 4.69) is 6.92 Å². The summed E-state index contributed by atoms with van der Waals surface area (Å²) in [5, 5.41) is 4.09. The maximum Gasteiger partial charge on any atom is 0.328 e. The minimum atomic E-state index is -0.800. The third-order valence-corrected chi connectivity index (χ3v) is 4.15. The summed E-state index contributed by atoms with van der Waals surface area (Å²) < 4.78 is 5.71. The van der Waals surface area contributed by atoms with E-state index >= 15 is 0 Å². The molecule has 2 N–H and O–H groups in total. The van der Waals surface area contributed by atoms with Gasteiger partial charge in [-0.25, -0.2) is 4.79 Å². The van der Waals surface area contributed by atoms with E-state index in [4.69, 9.17) is 4.74 Å². The molecular weight excluding hydrogens is 332 g/mol. The number of urea groups is 1. The maximum atomic E-state index is 11.7. The summed E-state index contributed by atoms with van der Waals surface area (Å²) in [5.74, 6) is -0.637. The lowest BCUT2D eigenvalue weighted by Gasteiger charge is -2.13. The van der Waals surface area contributed by atoms with Gasteiger partial charge in [-0.3, -0.25) is 20.2 Å². The zero-order valence-electron chi connectivity index (χ0n) is 15.2. The Balaban J connectivity index is 1.76. The predicted octanol–water partition coefficient (Wildman–Crippen LogP) is 3.57. The highest BCUT2D eigenvalue weighted by Gasteiger charge is 2.27. The number of hydrogen-bond acceptors (Lipinski definition) is 4. The second-order valence-corrected chi connectivity index (χ2v) is 6.33. The summed E-state index contributed by atoms with van der Waals surface area (Å²) in [7, 11) is 0. The Bertz CT molecular complexity index is 643. The fraction of sp³-hybridized carbons (Fsp3) is 0.450. The maximum absolute atomic E-state index is 11.7. The molecule has 2 rings (SSSR count). The molecule has 1 aromatic rings. The average molecular weight is 358 g/mol. The van der Waals surface area contributed by atoms with E-state index in [1.54, 1.807) is 24.3 Å². The highest BCUT2D eigenvalue weighted by molar-refractivity contribution is 6.31. The molecule has 0 aliphatic carbocycles. The molecule has 0 aromatic heterocycles. The van der Waals surface area contributed by atoms with Crippen molar-refractivity contribution in [3.8, 4) is 5.75 Å². The monoisotopic (exact) mass is 358 g/mol. The number of carbonyl (C=O) groups excluding carboxylic acids is 3. The van der Waals surface area contributed by atoms with Crippen LogP contribution in [-0.4, -0.2) is 24.5 Å². The second kappa shape index (κ2) is 10.4. The molecule has 1 aromatic carbocycles. The van der Waals surface area contributed by atoms with Gasteiger partial charge < -0.3 is 4.74 Å². The van der Waals surface area contributed by atoms with Crippen LogP contribution < -0.4 is 15.4 Å². The van der Waals surface area contributed by atoms with Crippen molar-refractivity contribution in [3.63, 3.8) is 0 Å². The molecule has 1 heterocycles. The third-order valence-electron chi connectivity index (χ3n) is 4.15. The Labute approximate surface area is 154 Å². The first kappa shape index (κ1) is 19.7. The van der Waals surface area contributed by atoms with Crippen LogP contribution in [-0.2, 0) is 9.59 Å². The van der Waals surface area contributed by atoms with Gasteiger partial charge in [0.1, 0.15) is 11.3 Å². The van der Waals surface area contributed by atoms with Gasteiger partial charge in [-0.2, -0.15) is 0 Å². The number of ether oxygens (including phenoxy) is 1. The van der Waals surface area contributed by atoms with Gasteiger partial charge >= 0.3 is 6.03 Å². The number of rotatable bonds is 10. The second-order valence-electron chi connectivity index (χ2n) is 6.33. The van der Waals surface area contributed by atoms with Crippen LogP contribution in [0.1, 0.15) is 57.4 Å². The highest BCUT2D eigenvalue weighted by atomic mass is 16.5. The molecule has 1 aliphatic heterocycles. The molecule has 0 saturated carbocycles. The van der Waals surface area contributed by atoms with Crippen molar-refractivity contribution in [2.45, 2.75) is 51.9 Å². The molecule has 0 unspecified atom stereocenters. The highest BCUT2D eigenvalue weighted by Crippen LogP contribution is 2.16. The van der Waals surface area contributed by atoms with Gasteiger partial charge in [0, 0.05) is 0 Å². The molecule has 0 atom stereocenters. The van der Waals surface area contributed by atoms with Crippen LogP contribution in [0.4, 0.5) is 4.79 Å². The van der Waals surface area contributed by atoms with Gasteiger partial charge in [-0.15, -0.1) is 0 Å². The standard InChI is InChI=1S/C20H26N2O4/c1-2-3-4-5-6-7-8-13-26-16-11-9-15(10-12-16)14-17-18(23)21-20(25)22-19(17)24/h9-12,14H,2-8,13H2,1H3,(H2,21,22,23,24,25). The van der Waals surface area contributed by atoms with Crippen molar-refractivity contribution in [1.29, 1.82) is 0 Å². The van der Waals surface area contributed by atoms with Gasteiger partial charge in [0.05, 0.1) is 6.61 Å². The first-order valence-corrected chi connectivity index (χ1v) is 9.21. The van der Waals surface area contributed by atoms with Gasteiger partial charge in [0.25, 0.3) is 11.8 Å². The molecular formula is C20H26N2O4. The Hall–Kier alpha value is -2.63. The molecule has 1 fully saturated rings.